The van der Waals surface area contributed by atoms with Crippen LogP contribution in [0, 0.1) is 0 Å². The van der Waals surface area contributed by atoms with Crippen molar-refractivity contribution in [2.24, 2.45) is 0 Å². The maximum Gasteiger partial charge on any atom is 0.449 e. The Hall–Kier alpha value is -2.47. The lowest BCUT2D eigenvalue weighted by atomic mass is 10.0. The third-order valence-corrected chi connectivity index (χ3v) is 9.49. The number of alkyl halides is 3. The summed E-state index contributed by atoms with van der Waals surface area (Å²) in [6, 6.07) is 8.72. The van der Waals surface area contributed by atoms with Crippen LogP contribution < -0.4 is 36.6 Å². The first kappa shape index (κ1) is 28.5. The fourth-order valence-corrected chi connectivity index (χ4v) is 7.51. The Morgan fingerprint density at radius 1 is 1.18 bits per heavy atom. The van der Waals surface area contributed by atoms with E-state index in [1.807, 2.05) is 30.0 Å². The van der Waals surface area contributed by atoms with E-state index in [0.717, 1.165) is 31.3 Å². The van der Waals surface area contributed by atoms with Gasteiger partial charge in [-0.1, -0.05) is 43.0 Å². The molecule has 0 aliphatic carbocycles. The van der Waals surface area contributed by atoms with Crippen molar-refractivity contribution in [3.05, 3.63) is 83.5 Å². The Morgan fingerprint density at radius 3 is 2.61 bits per heavy atom. The number of anilines is 1. The third kappa shape index (κ3) is 5.34. The van der Waals surface area contributed by atoms with E-state index in [2.05, 4.69) is 36.9 Å². The van der Waals surface area contributed by atoms with Gasteiger partial charge in [0.1, 0.15) is 14.2 Å². The maximum atomic E-state index is 13.4. The van der Waals surface area contributed by atoms with Crippen molar-refractivity contribution in [1.82, 2.24) is 4.57 Å². The summed E-state index contributed by atoms with van der Waals surface area (Å²) >= 11 is 4.49. The van der Waals surface area contributed by atoms with E-state index in [0.29, 0.717) is 17.0 Å². The molecule has 4 heterocycles. The molecule has 1 aliphatic rings. The van der Waals surface area contributed by atoms with E-state index in [1.165, 1.54) is 34.3 Å². The number of furan rings is 1. The molecule has 1 aromatic carbocycles. The standard InChI is InChI=1S/C26H25F3N3O2S3.ClH/c1-5-32-22(13-21-31(10-11-35-21)14-17-7-9-20(34-17)26(27,28)29)37-23(24(32)33)25-30(4)18-8-6-16(15(2)3)12-19(18)36-25;/h6-13,15H,5,14H2,1-4H3;1H/q+1;/p-1/b25-23+;. The number of fused-ring (bicyclic) bond motifs is 1. The molecule has 5 rings (SSSR count). The largest absolute Gasteiger partial charge is 1.00 e. The van der Waals surface area contributed by atoms with Crippen LogP contribution in [0.15, 0.2) is 56.0 Å². The fourth-order valence-electron chi connectivity index (χ4n) is 4.15. The van der Waals surface area contributed by atoms with Gasteiger partial charge in [-0.05, 0) is 42.7 Å². The Morgan fingerprint density at radius 2 is 1.95 bits per heavy atom. The number of hydrogen-bond donors (Lipinski definition) is 0. The number of thioether (sulfide) groups is 1. The lowest BCUT2D eigenvalue weighted by Crippen LogP contribution is -3.00. The maximum absolute atomic E-state index is 13.4. The van der Waals surface area contributed by atoms with Crippen LogP contribution in [0.5, 0.6) is 0 Å². The minimum atomic E-state index is -4.52. The quantitative estimate of drug-likeness (QED) is 0.330. The van der Waals surface area contributed by atoms with Crippen molar-refractivity contribution >= 4 is 51.2 Å². The summed E-state index contributed by atoms with van der Waals surface area (Å²) in [7, 11) is 1.98. The van der Waals surface area contributed by atoms with E-state index in [4.69, 9.17) is 4.42 Å². The van der Waals surface area contributed by atoms with Gasteiger partial charge in [0, 0.05) is 18.5 Å². The van der Waals surface area contributed by atoms with Crippen LogP contribution >= 0.6 is 34.4 Å². The van der Waals surface area contributed by atoms with Crippen LogP contribution in [0.25, 0.3) is 11.1 Å². The molecule has 0 saturated heterocycles. The second-order valence-electron chi connectivity index (χ2n) is 8.94. The van der Waals surface area contributed by atoms with Gasteiger partial charge in [0.2, 0.25) is 12.3 Å². The molecule has 0 unspecified atom stereocenters. The summed E-state index contributed by atoms with van der Waals surface area (Å²) in [6.45, 7) is 6.91. The van der Waals surface area contributed by atoms with E-state index >= 15 is 0 Å². The third-order valence-electron chi connectivity index (χ3n) is 6.17. The Labute approximate surface area is 235 Å². The van der Waals surface area contributed by atoms with Crippen LogP contribution in [0.4, 0.5) is 18.9 Å². The average Bonchev–Trinajstić information content (AvgIpc) is 3.61. The molecule has 12 heteroatoms. The predicted octanol–water partition coefficient (Wildman–Crippen LogP) is 2.20. The fraction of sp³-hybridized carbons (Fsp3) is 0.308. The van der Waals surface area contributed by atoms with Crippen LogP contribution in [-0.4, -0.2) is 11.6 Å². The normalized spacial score (nSPS) is 15.4. The summed E-state index contributed by atoms with van der Waals surface area (Å²) in [5.74, 6) is -0.384. The molecule has 1 aliphatic heterocycles. The summed E-state index contributed by atoms with van der Waals surface area (Å²) in [6.07, 6.45) is -0.800. The molecule has 5 nitrogen and oxygen atoms in total. The lowest BCUT2D eigenvalue weighted by molar-refractivity contribution is -0.686. The number of hydrogen-bond acceptors (Lipinski definition) is 6. The van der Waals surface area contributed by atoms with Crippen LogP contribution in [-0.2, 0) is 19.3 Å². The Kier molecular flexibility index (Phi) is 8.23. The van der Waals surface area contributed by atoms with E-state index in [1.54, 1.807) is 22.5 Å². The van der Waals surface area contributed by atoms with E-state index in [9.17, 15) is 18.0 Å². The monoisotopic (exact) mass is 599 g/mol. The lowest BCUT2D eigenvalue weighted by Gasteiger charge is -2.13. The van der Waals surface area contributed by atoms with Gasteiger partial charge < -0.3 is 21.7 Å². The zero-order valence-corrected chi connectivity index (χ0v) is 24.2. The molecule has 0 saturated carbocycles. The highest BCUT2D eigenvalue weighted by atomic mass is 35.5. The minimum absolute atomic E-state index is 0. The van der Waals surface area contributed by atoms with Crippen molar-refractivity contribution in [2.75, 3.05) is 11.9 Å². The van der Waals surface area contributed by atoms with Crippen molar-refractivity contribution in [3.8, 4) is 0 Å². The molecule has 0 amide bonds. The summed E-state index contributed by atoms with van der Waals surface area (Å²) in [5.41, 5.74) is 2.29. The van der Waals surface area contributed by atoms with Crippen LogP contribution in [0.2, 0.25) is 0 Å². The predicted molar refractivity (Wildman–Crippen MR) is 143 cm³/mol. The van der Waals surface area contributed by atoms with Crippen molar-refractivity contribution in [3.63, 3.8) is 0 Å². The Balaban J connectivity index is 0.00000336. The number of thiazole rings is 2. The first-order valence-corrected chi connectivity index (χ1v) is 14.2. The molecule has 0 radical (unpaired) electrons. The highest BCUT2D eigenvalue weighted by Gasteiger charge is 2.35. The molecule has 3 aromatic heterocycles. The number of nitrogens with zero attached hydrogens (tertiary/aromatic N) is 3. The van der Waals surface area contributed by atoms with Crippen molar-refractivity contribution < 1.29 is 34.6 Å². The zero-order chi connectivity index (χ0) is 26.5. The number of halogens is 4. The van der Waals surface area contributed by atoms with Gasteiger partial charge in [0.15, 0.2) is 12.0 Å². The van der Waals surface area contributed by atoms with Gasteiger partial charge in [-0.15, -0.1) is 11.3 Å². The van der Waals surface area contributed by atoms with E-state index in [-0.39, 0.29) is 30.3 Å². The molecule has 4 aromatic rings. The van der Waals surface area contributed by atoms with Gasteiger partial charge >= 0.3 is 6.18 Å². The van der Waals surface area contributed by atoms with Gasteiger partial charge in [-0.3, -0.25) is 9.36 Å². The van der Waals surface area contributed by atoms with Crippen LogP contribution in [0.1, 0.15) is 48.8 Å². The first-order chi connectivity index (χ1) is 17.6. The number of rotatable bonds is 5. The molecule has 0 spiro atoms. The van der Waals surface area contributed by atoms with Gasteiger partial charge in [-0.25, -0.2) is 0 Å². The van der Waals surface area contributed by atoms with Crippen molar-refractivity contribution in [1.29, 1.82) is 0 Å². The van der Waals surface area contributed by atoms with Crippen LogP contribution in [0.3, 0.4) is 0 Å². The van der Waals surface area contributed by atoms with Gasteiger partial charge in [0.25, 0.3) is 10.6 Å². The van der Waals surface area contributed by atoms with E-state index < -0.39 is 11.9 Å². The summed E-state index contributed by atoms with van der Waals surface area (Å²) in [4.78, 5) is 16.7. The average molecular weight is 600 g/mol. The highest BCUT2D eigenvalue weighted by molar-refractivity contribution is 8.08. The second kappa shape index (κ2) is 11.0. The summed E-state index contributed by atoms with van der Waals surface area (Å²) in [5, 5.41) is 3.57. The molecule has 0 bridgehead atoms. The first-order valence-electron chi connectivity index (χ1n) is 11.7. The Bertz CT molecular complexity index is 1650. The molecule has 38 heavy (non-hydrogen) atoms. The number of aromatic nitrogens is 2. The smallest absolute Gasteiger partial charge is 0.449 e. The molecule has 0 N–H and O–H groups in total. The molecule has 0 atom stereocenters. The molecule has 202 valence electrons. The highest BCUT2D eigenvalue weighted by Crippen LogP contribution is 2.46. The SMILES string of the molecule is CCn1c(=O)/c(=C2\Sc3cc(C(C)C)ccc3N2C)s/c1=C\c1scc[n+]1Cc1ccc(C(F)(F)F)o1.[Cl-]. The molecular formula is C26H25ClF3N3O2S3. The number of benzene rings is 1. The second-order valence-corrected chi connectivity index (χ2v) is 11.9. The molecular weight excluding hydrogens is 575 g/mol. The summed E-state index contributed by atoms with van der Waals surface area (Å²) < 4.78 is 48.8. The zero-order valence-electron chi connectivity index (χ0n) is 21.0. The van der Waals surface area contributed by atoms with Gasteiger partial charge in [-0.2, -0.15) is 17.7 Å². The van der Waals surface area contributed by atoms with Crippen molar-refractivity contribution in [2.45, 2.75) is 50.9 Å². The topological polar surface area (TPSA) is 42.3 Å². The molecule has 0 fully saturated rings. The van der Waals surface area contributed by atoms with Gasteiger partial charge in [0.05, 0.1) is 17.1 Å². The minimum Gasteiger partial charge on any atom is -1.00 e.